The summed E-state index contributed by atoms with van der Waals surface area (Å²) in [6.07, 6.45) is 0. The van der Waals surface area contributed by atoms with Gasteiger partial charge in [0.25, 0.3) is 0 Å². The molecule has 1 aromatic heterocycles. The first kappa shape index (κ1) is 28.0. The molecule has 8 heteroatoms. The van der Waals surface area contributed by atoms with E-state index >= 15 is 0 Å². The summed E-state index contributed by atoms with van der Waals surface area (Å²) in [6, 6.07) is 23.8. The Hall–Kier alpha value is -3.55. The molecule has 0 saturated heterocycles. The number of anilines is 1. The van der Waals surface area contributed by atoms with Crippen molar-refractivity contribution in [2.24, 2.45) is 0 Å². The number of allylic oxidation sites excluding steroid dienone is 2. The molecule has 0 spiro atoms. The first-order valence-corrected chi connectivity index (χ1v) is 14.6. The molecule has 0 bridgehead atoms. The van der Waals surface area contributed by atoms with Gasteiger partial charge < -0.3 is 10.1 Å². The number of carbonyl (C=O) groups excluding carboxylic acids is 1. The number of nitrogens with one attached hydrogen (secondary N) is 1. The van der Waals surface area contributed by atoms with Crippen molar-refractivity contribution in [3.63, 3.8) is 0 Å². The van der Waals surface area contributed by atoms with Crippen LogP contribution in [0.5, 0.6) is 5.75 Å². The van der Waals surface area contributed by atoms with E-state index in [1.807, 2.05) is 55.5 Å². The minimum Gasteiger partial charge on any atom is -0.489 e. The molecule has 0 aliphatic carbocycles. The van der Waals surface area contributed by atoms with E-state index in [4.69, 9.17) is 26.4 Å². The van der Waals surface area contributed by atoms with Crippen LogP contribution in [0.2, 0.25) is 5.02 Å². The second-order valence-corrected chi connectivity index (χ2v) is 12.3. The first-order valence-electron chi connectivity index (χ1n) is 13.2. The van der Waals surface area contributed by atoms with E-state index in [2.05, 4.69) is 50.4 Å². The molecule has 1 aliphatic heterocycles. The molecular weight excluding hydrogens is 540 g/mol. The Morgan fingerprint density at radius 1 is 1.05 bits per heavy atom. The van der Waals surface area contributed by atoms with Gasteiger partial charge in [-0.1, -0.05) is 98.7 Å². The van der Waals surface area contributed by atoms with E-state index in [1.54, 1.807) is 11.6 Å². The van der Waals surface area contributed by atoms with Gasteiger partial charge in [-0.3, -0.25) is 4.79 Å². The number of hydrogen-bond donors (Lipinski definition) is 1. The lowest BCUT2D eigenvalue weighted by molar-refractivity contribution is -0.114. The number of ether oxygens (including phenoxy) is 1. The summed E-state index contributed by atoms with van der Waals surface area (Å²) in [5.41, 5.74) is 5.92. The largest absolute Gasteiger partial charge is 0.489 e. The second-order valence-electron chi connectivity index (χ2n) is 11.0. The molecule has 0 fully saturated rings. The number of rotatable bonds is 8. The molecule has 0 saturated carbocycles. The number of carbonyl (C=O) groups is 1. The number of thioether (sulfide) groups is 1. The van der Waals surface area contributed by atoms with Crippen molar-refractivity contribution >= 4 is 35.1 Å². The summed E-state index contributed by atoms with van der Waals surface area (Å²) in [5.74, 6) is 2.00. The molecule has 5 rings (SSSR count). The van der Waals surface area contributed by atoms with Gasteiger partial charge >= 0.3 is 0 Å². The molecule has 1 unspecified atom stereocenters. The smallest absolute Gasteiger partial charge is 0.227 e. The van der Waals surface area contributed by atoms with E-state index in [1.165, 1.54) is 17.3 Å². The van der Waals surface area contributed by atoms with Crippen LogP contribution >= 0.6 is 23.4 Å². The number of halogens is 1. The van der Waals surface area contributed by atoms with Crippen LogP contribution < -0.4 is 10.1 Å². The van der Waals surface area contributed by atoms with Crippen LogP contribution in [0.4, 0.5) is 5.95 Å². The number of benzene rings is 3. The van der Waals surface area contributed by atoms with E-state index in [-0.39, 0.29) is 11.2 Å². The van der Waals surface area contributed by atoms with Crippen LogP contribution in [0.25, 0.3) is 0 Å². The van der Waals surface area contributed by atoms with Crippen molar-refractivity contribution in [3.8, 4) is 5.75 Å². The van der Waals surface area contributed by atoms with E-state index in [0.717, 1.165) is 33.2 Å². The molecule has 3 aromatic carbocycles. The Morgan fingerprint density at radius 3 is 2.40 bits per heavy atom. The van der Waals surface area contributed by atoms with Gasteiger partial charge in [0.2, 0.25) is 11.1 Å². The lowest BCUT2D eigenvalue weighted by atomic mass is 9.87. The van der Waals surface area contributed by atoms with E-state index in [0.29, 0.717) is 29.0 Å². The Labute approximate surface area is 244 Å². The van der Waals surface area contributed by atoms with Crippen LogP contribution in [0.1, 0.15) is 62.9 Å². The zero-order valence-electron chi connectivity index (χ0n) is 23.4. The van der Waals surface area contributed by atoms with Gasteiger partial charge in [0, 0.05) is 22.0 Å². The van der Waals surface area contributed by atoms with Crippen molar-refractivity contribution in [2.75, 3.05) is 5.32 Å². The average Bonchev–Trinajstić information content (AvgIpc) is 3.33. The van der Waals surface area contributed by atoms with Gasteiger partial charge in [0.05, 0.1) is 0 Å². The minimum atomic E-state index is -0.394. The maximum Gasteiger partial charge on any atom is 0.227 e. The van der Waals surface area contributed by atoms with Crippen LogP contribution in [0, 0.1) is 0 Å². The zero-order valence-corrected chi connectivity index (χ0v) is 24.9. The van der Waals surface area contributed by atoms with Crippen LogP contribution in [0.15, 0.2) is 89.2 Å². The highest BCUT2D eigenvalue weighted by atomic mass is 35.5. The molecule has 0 amide bonds. The Bertz CT molecular complexity index is 1550. The number of nitrogens with zero attached hydrogens (tertiary/aromatic N) is 3. The summed E-state index contributed by atoms with van der Waals surface area (Å²) >= 11 is 7.84. The van der Waals surface area contributed by atoms with E-state index in [9.17, 15) is 4.79 Å². The van der Waals surface area contributed by atoms with Crippen LogP contribution in [-0.2, 0) is 22.6 Å². The molecule has 1 aliphatic rings. The number of fused-ring (bicyclic) bond motifs is 1. The lowest BCUT2D eigenvalue weighted by Crippen LogP contribution is -2.27. The highest BCUT2D eigenvalue weighted by Crippen LogP contribution is 2.37. The van der Waals surface area contributed by atoms with Gasteiger partial charge in [-0.05, 0) is 59.7 Å². The quantitative estimate of drug-likeness (QED) is 0.216. The van der Waals surface area contributed by atoms with Gasteiger partial charge in [0.1, 0.15) is 18.4 Å². The predicted octanol–water partition coefficient (Wildman–Crippen LogP) is 7.98. The second kappa shape index (κ2) is 11.5. The van der Waals surface area contributed by atoms with Gasteiger partial charge in [0.15, 0.2) is 5.78 Å². The predicted molar refractivity (Wildman–Crippen MR) is 162 cm³/mol. The number of aromatic nitrogens is 3. The summed E-state index contributed by atoms with van der Waals surface area (Å²) in [5, 5.41) is 9.39. The van der Waals surface area contributed by atoms with Crippen molar-refractivity contribution < 1.29 is 9.53 Å². The molecule has 1 atom stereocenters. The normalized spacial score (nSPS) is 15.0. The van der Waals surface area contributed by atoms with Gasteiger partial charge in [-0.2, -0.15) is 4.98 Å². The Morgan fingerprint density at radius 2 is 1.75 bits per heavy atom. The van der Waals surface area contributed by atoms with Crippen molar-refractivity contribution in [2.45, 2.75) is 63.6 Å². The minimum absolute atomic E-state index is 0.0135. The third-order valence-corrected chi connectivity index (χ3v) is 8.20. The number of hydrogen-bond acceptors (Lipinski definition) is 6. The van der Waals surface area contributed by atoms with Gasteiger partial charge in [-0.25, -0.2) is 4.68 Å². The fourth-order valence-corrected chi connectivity index (χ4v) is 5.84. The molecule has 206 valence electrons. The SMILES string of the molecule is CC(=O)C1=C(C)Nc2nc(SCc3ccccc3Cl)nn2C1c1ccc(OCc2ccc(C(C)(C)C)cc2)cc1. The van der Waals surface area contributed by atoms with Crippen molar-refractivity contribution in [1.82, 2.24) is 14.8 Å². The number of Topliss-reactive ketones (excluding diaryl/α,β-unsaturated/α-hetero) is 1. The number of ketones is 1. The molecule has 40 heavy (non-hydrogen) atoms. The molecule has 0 radical (unpaired) electrons. The molecular formula is C32H33ClN4O2S. The third kappa shape index (κ3) is 6.11. The fourth-order valence-electron chi connectivity index (χ4n) is 4.73. The summed E-state index contributed by atoms with van der Waals surface area (Å²) in [6.45, 7) is 10.6. The zero-order chi connectivity index (χ0) is 28.4. The highest BCUT2D eigenvalue weighted by Gasteiger charge is 2.32. The van der Waals surface area contributed by atoms with Crippen LogP contribution in [-0.4, -0.2) is 20.5 Å². The fraction of sp³-hybridized carbons (Fsp3) is 0.281. The lowest BCUT2D eigenvalue weighted by Gasteiger charge is -2.28. The average molecular weight is 573 g/mol. The summed E-state index contributed by atoms with van der Waals surface area (Å²) < 4.78 is 7.87. The van der Waals surface area contributed by atoms with E-state index < -0.39 is 6.04 Å². The summed E-state index contributed by atoms with van der Waals surface area (Å²) in [4.78, 5) is 17.5. The third-order valence-electron chi connectivity index (χ3n) is 6.95. The van der Waals surface area contributed by atoms with Crippen LogP contribution in [0.3, 0.4) is 0 Å². The Kier molecular flexibility index (Phi) is 8.06. The maximum atomic E-state index is 12.8. The maximum absolute atomic E-state index is 12.8. The van der Waals surface area contributed by atoms with Crippen molar-refractivity contribution in [1.29, 1.82) is 0 Å². The first-order chi connectivity index (χ1) is 19.1. The standard InChI is InChI=1S/C32H33ClN4O2S/c1-20-28(21(2)38)29(37-30(34-20)35-31(36-37)40-19-24-8-6-7-9-27(24)33)23-12-16-26(17-13-23)39-18-22-10-14-25(15-11-22)32(3,4)5/h6-17,29H,18-19H2,1-5H3,(H,34,35,36). The molecule has 6 nitrogen and oxygen atoms in total. The highest BCUT2D eigenvalue weighted by molar-refractivity contribution is 7.98. The summed E-state index contributed by atoms with van der Waals surface area (Å²) in [7, 11) is 0. The van der Waals surface area contributed by atoms with Crippen molar-refractivity contribution in [3.05, 3.63) is 111 Å². The molecule has 1 N–H and O–H groups in total. The van der Waals surface area contributed by atoms with Gasteiger partial charge in [-0.15, -0.1) is 5.10 Å². The molecule has 2 heterocycles. The Balaban J connectivity index is 1.34. The monoisotopic (exact) mass is 572 g/mol. The topological polar surface area (TPSA) is 69.0 Å². The molecule has 4 aromatic rings.